The van der Waals surface area contributed by atoms with Crippen LogP contribution in [0.2, 0.25) is 5.02 Å². The lowest BCUT2D eigenvalue weighted by molar-refractivity contribution is 0.0449. The van der Waals surface area contributed by atoms with Gasteiger partial charge in [-0.05, 0) is 37.5 Å². The zero-order chi connectivity index (χ0) is 15.6. The number of nitrogens with one attached hydrogen (secondary N) is 1. The number of piperazine rings is 1. The van der Waals surface area contributed by atoms with Crippen LogP contribution in [0.25, 0.3) is 0 Å². The van der Waals surface area contributed by atoms with Gasteiger partial charge in [0.25, 0.3) is 0 Å². The van der Waals surface area contributed by atoms with Gasteiger partial charge < -0.3 is 5.32 Å². The SMILES string of the molecule is CCC(C)C1CN(Cc2ccc(Br)cc2Cl)C(C)(C)CN1. The summed E-state index contributed by atoms with van der Waals surface area (Å²) in [6.45, 7) is 12.2. The van der Waals surface area contributed by atoms with Crippen molar-refractivity contribution in [3.8, 4) is 0 Å². The van der Waals surface area contributed by atoms with Crippen molar-refractivity contribution in [3.05, 3.63) is 33.3 Å². The highest BCUT2D eigenvalue weighted by molar-refractivity contribution is 9.10. The predicted octanol–water partition coefficient (Wildman–Crippen LogP) is 4.70. The van der Waals surface area contributed by atoms with Crippen LogP contribution in [0.15, 0.2) is 22.7 Å². The summed E-state index contributed by atoms with van der Waals surface area (Å²) in [5.74, 6) is 0.698. The smallest absolute Gasteiger partial charge is 0.0462 e. The second-order valence-electron chi connectivity index (χ2n) is 6.80. The summed E-state index contributed by atoms with van der Waals surface area (Å²) in [7, 11) is 0. The summed E-state index contributed by atoms with van der Waals surface area (Å²) >= 11 is 9.87. The Morgan fingerprint density at radius 3 is 2.81 bits per heavy atom. The average Bonchev–Trinajstić information content (AvgIpc) is 2.42. The summed E-state index contributed by atoms with van der Waals surface area (Å²) < 4.78 is 1.04. The first kappa shape index (κ1) is 17.3. The average molecular weight is 374 g/mol. The molecule has 21 heavy (non-hydrogen) atoms. The lowest BCUT2D eigenvalue weighted by Gasteiger charge is -2.47. The molecular weight excluding hydrogens is 348 g/mol. The monoisotopic (exact) mass is 372 g/mol. The molecular formula is C17H26BrClN2. The van der Waals surface area contributed by atoms with Crippen LogP contribution in [0.5, 0.6) is 0 Å². The fourth-order valence-electron chi connectivity index (χ4n) is 2.84. The normalized spacial score (nSPS) is 24.0. The zero-order valence-corrected chi connectivity index (χ0v) is 15.8. The fourth-order valence-corrected chi connectivity index (χ4v) is 3.57. The third-order valence-electron chi connectivity index (χ3n) is 4.78. The minimum absolute atomic E-state index is 0.153. The van der Waals surface area contributed by atoms with Gasteiger partial charge in [-0.2, -0.15) is 0 Å². The van der Waals surface area contributed by atoms with Crippen molar-refractivity contribution in [2.24, 2.45) is 5.92 Å². The molecule has 2 rings (SSSR count). The minimum atomic E-state index is 0.153. The van der Waals surface area contributed by atoms with Crippen molar-refractivity contribution >= 4 is 27.5 Å². The van der Waals surface area contributed by atoms with Crippen molar-refractivity contribution in [1.29, 1.82) is 0 Å². The molecule has 1 aromatic carbocycles. The van der Waals surface area contributed by atoms with Crippen molar-refractivity contribution < 1.29 is 0 Å². The van der Waals surface area contributed by atoms with E-state index < -0.39 is 0 Å². The molecule has 1 aromatic rings. The summed E-state index contributed by atoms with van der Waals surface area (Å²) in [5, 5.41) is 4.56. The Balaban J connectivity index is 2.14. The van der Waals surface area contributed by atoms with E-state index in [2.05, 4.69) is 66.0 Å². The van der Waals surface area contributed by atoms with Gasteiger partial charge in [0.05, 0.1) is 0 Å². The van der Waals surface area contributed by atoms with E-state index in [-0.39, 0.29) is 5.54 Å². The van der Waals surface area contributed by atoms with Gasteiger partial charge in [0.2, 0.25) is 0 Å². The second kappa shape index (κ2) is 6.99. The van der Waals surface area contributed by atoms with Crippen molar-refractivity contribution in [3.63, 3.8) is 0 Å². The van der Waals surface area contributed by atoms with Crippen molar-refractivity contribution in [1.82, 2.24) is 10.2 Å². The fraction of sp³-hybridized carbons (Fsp3) is 0.647. The molecule has 1 heterocycles. The van der Waals surface area contributed by atoms with Crippen LogP contribution < -0.4 is 5.32 Å². The molecule has 118 valence electrons. The van der Waals surface area contributed by atoms with Gasteiger partial charge in [0.1, 0.15) is 0 Å². The lowest BCUT2D eigenvalue weighted by atomic mass is 9.90. The molecule has 0 saturated carbocycles. The van der Waals surface area contributed by atoms with Gasteiger partial charge in [-0.15, -0.1) is 0 Å². The molecule has 0 radical (unpaired) electrons. The van der Waals surface area contributed by atoms with Crippen LogP contribution in [0.1, 0.15) is 39.7 Å². The van der Waals surface area contributed by atoms with Gasteiger partial charge >= 0.3 is 0 Å². The standard InChI is InChI=1S/C17H26BrClN2/c1-5-12(2)16-10-21(17(3,4)11-20-16)9-13-6-7-14(18)8-15(13)19/h6-8,12,16,20H,5,9-11H2,1-4H3. The van der Waals surface area contributed by atoms with Crippen LogP contribution in [-0.4, -0.2) is 29.6 Å². The summed E-state index contributed by atoms with van der Waals surface area (Å²) in [6, 6.07) is 6.75. The highest BCUT2D eigenvalue weighted by Crippen LogP contribution is 2.28. The van der Waals surface area contributed by atoms with E-state index in [1.54, 1.807) is 0 Å². The van der Waals surface area contributed by atoms with E-state index in [1.807, 2.05) is 6.07 Å². The Hall–Kier alpha value is -0.0900. The summed E-state index contributed by atoms with van der Waals surface area (Å²) in [6.07, 6.45) is 1.21. The first-order valence-electron chi connectivity index (χ1n) is 7.76. The van der Waals surface area contributed by atoms with Crippen LogP contribution in [0.4, 0.5) is 0 Å². The number of halogens is 2. The van der Waals surface area contributed by atoms with Gasteiger partial charge in [-0.3, -0.25) is 4.90 Å². The minimum Gasteiger partial charge on any atom is -0.311 e. The van der Waals surface area contributed by atoms with Gasteiger partial charge in [0.15, 0.2) is 0 Å². The molecule has 0 bridgehead atoms. The van der Waals surface area contributed by atoms with Gasteiger partial charge in [-0.1, -0.05) is 53.9 Å². The van der Waals surface area contributed by atoms with E-state index in [9.17, 15) is 0 Å². The van der Waals surface area contributed by atoms with Crippen LogP contribution in [0.3, 0.4) is 0 Å². The van der Waals surface area contributed by atoms with Crippen LogP contribution in [-0.2, 0) is 6.54 Å². The lowest BCUT2D eigenvalue weighted by Crippen LogP contribution is -2.62. The maximum absolute atomic E-state index is 6.40. The van der Waals surface area contributed by atoms with E-state index >= 15 is 0 Å². The Bertz CT molecular complexity index is 490. The third-order valence-corrected chi connectivity index (χ3v) is 5.62. The molecule has 0 spiro atoms. The first-order valence-corrected chi connectivity index (χ1v) is 8.93. The van der Waals surface area contributed by atoms with Crippen LogP contribution >= 0.6 is 27.5 Å². The summed E-state index contributed by atoms with van der Waals surface area (Å²) in [4.78, 5) is 2.56. The van der Waals surface area contributed by atoms with Gasteiger partial charge in [0, 0.05) is 40.7 Å². The molecule has 2 unspecified atom stereocenters. The number of hydrogen-bond donors (Lipinski definition) is 1. The van der Waals surface area contributed by atoms with Crippen molar-refractivity contribution in [2.75, 3.05) is 13.1 Å². The predicted molar refractivity (Wildman–Crippen MR) is 94.9 cm³/mol. The molecule has 1 N–H and O–H groups in total. The Morgan fingerprint density at radius 2 is 2.19 bits per heavy atom. The molecule has 1 aliphatic heterocycles. The maximum atomic E-state index is 6.40. The zero-order valence-electron chi connectivity index (χ0n) is 13.4. The highest BCUT2D eigenvalue weighted by Gasteiger charge is 2.35. The number of benzene rings is 1. The Labute approximate surface area is 142 Å². The van der Waals surface area contributed by atoms with E-state index in [1.165, 1.54) is 12.0 Å². The quantitative estimate of drug-likeness (QED) is 0.823. The third kappa shape index (κ3) is 4.22. The largest absolute Gasteiger partial charge is 0.311 e. The summed E-state index contributed by atoms with van der Waals surface area (Å²) in [5.41, 5.74) is 1.36. The van der Waals surface area contributed by atoms with Gasteiger partial charge in [-0.25, -0.2) is 0 Å². The molecule has 2 nitrogen and oxygen atoms in total. The molecule has 1 saturated heterocycles. The molecule has 1 fully saturated rings. The van der Waals surface area contributed by atoms with E-state index in [0.717, 1.165) is 29.1 Å². The maximum Gasteiger partial charge on any atom is 0.0462 e. The van der Waals surface area contributed by atoms with E-state index in [4.69, 9.17) is 11.6 Å². The van der Waals surface area contributed by atoms with Crippen LogP contribution in [0, 0.1) is 5.92 Å². The Morgan fingerprint density at radius 1 is 1.48 bits per heavy atom. The van der Waals surface area contributed by atoms with Crippen molar-refractivity contribution in [2.45, 2.75) is 52.2 Å². The number of nitrogens with zero attached hydrogens (tertiary/aromatic N) is 1. The Kier molecular flexibility index (Phi) is 5.75. The topological polar surface area (TPSA) is 15.3 Å². The highest BCUT2D eigenvalue weighted by atomic mass is 79.9. The molecule has 0 aliphatic carbocycles. The molecule has 1 aliphatic rings. The number of hydrogen-bond acceptors (Lipinski definition) is 2. The number of rotatable bonds is 4. The molecule has 4 heteroatoms. The van der Waals surface area contributed by atoms with E-state index in [0.29, 0.717) is 12.0 Å². The molecule has 0 aromatic heterocycles. The second-order valence-corrected chi connectivity index (χ2v) is 8.12. The molecule has 0 amide bonds. The molecule has 2 atom stereocenters. The first-order chi connectivity index (χ1) is 9.83.